The Bertz CT molecular complexity index is 1470. The van der Waals surface area contributed by atoms with E-state index in [-0.39, 0.29) is 5.82 Å². The number of nitrogens with zero attached hydrogens (tertiary/aromatic N) is 5. The number of para-hydroxylation sites is 2. The van der Waals surface area contributed by atoms with Crippen LogP contribution in [-0.2, 0) is 6.54 Å². The van der Waals surface area contributed by atoms with Crippen molar-refractivity contribution in [1.29, 1.82) is 0 Å². The van der Waals surface area contributed by atoms with Crippen LogP contribution in [0.5, 0.6) is 0 Å². The molecule has 0 bridgehead atoms. The van der Waals surface area contributed by atoms with E-state index in [1.165, 1.54) is 6.07 Å². The Kier molecular flexibility index (Phi) is 5.66. The molecule has 6 rings (SSSR count). The highest BCUT2D eigenvalue weighted by Gasteiger charge is 2.25. The van der Waals surface area contributed by atoms with Crippen molar-refractivity contribution in [3.63, 3.8) is 0 Å². The Morgan fingerprint density at radius 2 is 1.94 bits per heavy atom. The number of piperidine rings is 1. The molecule has 1 aliphatic heterocycles. The number of anilines is 2. The minimum Gasteiger partial charge on any atom is -0.366 e. The number of aromatic nitrogens is 4. The SMILES string of the molecule is Fc1cccc(Cn2c(N3CCC(Nc4ncnc5c(Br)csc45)CC3)nc3ccccc32)c1. The maximum Gasteiger partial charge on any atom is 0.206 e. The van der Waals surface area contributed by atoms with Gasteiger partial charge >= 0.3 is 0 Å². The van der Waals surface area contributed by atoms with Crippen molar-refractivity contribution in [2.45, 2.75) is 25.4 Å². The second-order valence-corrected chi connectivity index (χ2v) is 10.2. The first-order valence-electron chi connectivity index (χ1n) is 11.2. The van der Waals surface area contributed by atoms with Gasteiger partial charge in [-0.05, 0) is 58.6 Å². The smallest absolute Gasteiger partial charge is 0.206 e. The molecule has 0 radical (unpaired) electrons. The molecule has 0 aliphatic carbocycles. The van der Waals surface area contributed by atoms with Crippen LogP contribution >= 0.6 is 27.3 Å². The zero-order valence-corrected chi connectivity index (χ0v) is 20.7. The number of benzene rings is 2. The molecule has 0 unspecified atom stereocenters. The van der Waals surface area contributed by atoms with E-state index in [1.807, 2.05) is 24.3 Å². The van der Waals surface area contributed by atoms with E-state index in [0.29, 0.717) is 12.6 Å². The number of rotatable bonds is 5. The van der Waals surface area contributed by atoms with Crippen molar-refractivity contribution >= 4 is 60.3 Å². The first kappa shape index (κ1) is 21.5. The molecule has 1 fully saturated rings. The molecule has 5 aromatic rings. The van der Waals surface area contributed by atoms with Gasteiger partial charge in [-0.2, -0.15) is 0 Å². The molecule has 172 valence electrons. The summed E-state index contributed by atoms with van der Waals surface area (Å²) in [5.74, 6) is 1.62. The van der Waals surface area contributed by atoms with Gasteiger partial charge in [-0.25, -0.2) is 19.3 Å². The minimum absolute atomic E-state index is 0.216. The number of imidazole rings is 1. The Balaban J connectivity index is 1.23. The lowest BCUT2D eigenvalue weighted by atomic mass is 10.1. The minimum atomic E-state index is -0.216. The van der Waals surface area contributed by atoms with Gasteiger partial charge in [0, 0.05) is 24.5 Å². The highest BCUT2D eigenvalue weighted by Crippen LogP contribution is 2.33. The molecule has 2 aromatic carbocycles. The van der Waals surface area contributed by atoms with Crippen LogP contribution in [0, 0.1) is 5.82 Å². The summed E-state index contributed by atoms with van der Waals surface area (Å²) in [6.07, 6.45) is 3.56. The molecule has 4 heterocycles. The number of nitrogens with one attached hydrogen (secondary N) is 1. The largest absolute Gasteiger partial charge is 0.366 e. The van der Waals surface area contributed by atoms with E-state index in [4.69, 9.17) is 4.98 Å². The summed E-state index contributed by atoms with van der Waals surface area (Å²) < 4.78 is 18.1. The lowest BCUT2D eigenvalue weighted by molar-refractivity contribution is 0.514. The average Bonchev–Trinajstić information content (AvgIpc) is 3.41. The normalized spacial score (nSPS) is 14.8. The van der Waals surface area contributed by atoms with E-state index in [2.05, 4.69) is 52.1 Å². The molecule has 1 aliphatic rings. The summed E-state index contributed by atoms with van der Waals surface area (Å²) >= 11 is 5.21. The molecular weight excluding hydrogens is 515 g/mol. The molecule has 0 spiro atoms. The number of thiophene rings is 1. The maximum absolute atomic E-state index is 13.8. The van der Waals surface area contributed by atoms with Crippen LogP contribution < -0.4 is 10.2 Å². The summed E-state index contributed by atoms with van der Waals surface area (Å²) in [5.41, 5.74) is 3.90. The predicted molar refractivity (Wildman–Crippen MR) is 139 cm³/mol. The summed E-state index contributed by atoms with van der Waals surface area (Å²) in [5, 5.41) is 5.69. The molecular formula is C25H22BrFN6S. The van der Waals surface area contributed by atoms with Gasteiger partial charge in [-0.15, -0.1) is 11.3 Å². The van der Waals surface area contributed by atoms with Crippen molar-refractivity contribution < 1.29 is 4.39 Å². The Hall–Kier alpha value is -3.04. The van der Waals surface area contributed by atoms with E-state index in [1.54, 1.807) is 29.8 Å². The Labute approximate surface area is 208 Å². The van der Waals surface area contributed by atoms with Gasteiger partial charge < -0.3 is 14.8 Å². The van der Waals surface area contributed by atoms with Crippen LogP contribution in [0.2, 0.25) is 0 Å². The maximum atomic E-state index is 13.8. The van der Waals surface area contributed by atoms with Gasteiger partial charge in [0.2, 0.25) is 5.95 Å². The molecule has 0 atom stereocenters. The fourth-order valence-corrected chi connectivity index (χ4v) is 6.16. The van der Waals surface area contributed by atoms with Crippen LogP contribution in [0.3, 0.4) is 0 Å². The highest BCUT2D eigenvalue weighted by molar-refractivity contribution is 9.10. The number of hydrogen-bond donors (Lipinski definition) is 1. The third kappa shape index (κ3) is 4.03. The van der Waals surface area contributed by atoms with Crippen LogP contribution in [0.1, 0.15) is 18.4 Å². The van der Waals surface area contributed by atoms with Gasteiger partial charge in [-0.3, -0.25) is 0 Å². The summed E-state index contributed by atoms with van der Waals surface area (Å²) in [7, 11) is 0. The van der Waals surface area contributed by atoms with Crippen molar-refractivity contribution in [1.82, 2.24) is 19.5 Å². The molecule has 0 amide bonds. The Morgan fingerprint density at radius 3 is 2.79 bits per heavy atom. The van der Waals surface area contributed by atoms with Crippen molar-refractivity contribution in [2.75, 3.05) is 23.3 Å². The quantitative estimate of drug-likeness (QED) is 0.295. The van der Waals surface area contributed by atoms with Crippen molar-refractivity contribution in [3.05, 3.63) is 76.1 Å². The molecule has 1 saturated heterocycles. The monoisotopic (exact) mass is 536 g/mol. The summed E-state index contributed by atoms with van der Waals surface area (Å²) in [6.45, 7) is 2.34. The van der Waals surface area contributed by atoms with E-state index in [9.17, 15) is 4.39 Å². The van der Waals surface area contributed by atoms with Gasteiger partial charge in [0.15, 0.2) is 0 Å². The lowest BCUT2D eigenvalue weighted by Gasteiger charge is -2.33. The highest BCUT2D eigenvalue weighted by atomic mass is 79.9. The zero-order valence-electron chi connectivity index (χ0n) is 18.3. The van der Waals surface area contributed by atoms with Crippen LogP contribution in [-0.4, -0.2) is 38.7 Å². The third-order valence-electron chi connectivity index (χ3n) is 6.29. The second kappa shape index (κ2) is 8.96. The van der Waals surface area contributed by atoms with Crippen LogP contribution in [0.25, 0.3) is 21.3 Å². The number of halogens is 2. The van der Waals surface area contributed by atoms with E-state index in [0.717, 1.165) is 69.0 Å². The molecule has 9 heteroatoms. The average molecular weight is 537 g/mol. The van der Waals surface area contributed by atoms with Gasteiger partial charge in [0.05, 0.1) is 26.8 Å². The third-order valence-corrected chi connectivity index (χ3v) is 8.18. The zero-order chi connectivity index (χ0) is 23.1. The second-order valence-electron chi connectivity index (χ2n) is 8.51. The molecule has 0 saturated carbocycles. The molecule has 6 nitrogen and oxygen atoms in total. The van der Waals surface area contributed by atoms with Crippen LogP contribution in [0.4, 0.5) is 16.2 Å². The van der Waals surface area contributed by atoms with Crippen molar-refractivity contribution in [3.8, 4) is 0 Å². The van der Waals surface area contributed by atoms with E-state index < -0.39 is 0 Å². The molecule has 34 heavy (non-hydrogen) atoms. The number of hydrogen-bond acceptors (Lipinski definition) is 6. The van der Waals surface area contributed by atoms with E-state index >= 15 is 0 Å². The van der Waals surface area contributed by atoms with Crippen LogP contribution in [0.15, 0.2) is 64.7 Å². The lowest BCUT2D eigenvalue weighted by Crippen LogP contribution is -2.40. The topological polar surface area (TPSA) is 58.9 Å². The first-order valence-corrected chi connectivity index (χ1v) is 12.9. The fourth-order valence-electron chi connectivity index (χ4n) is 4.62. The van der Waals surface area contributed by atoms with Gasteiger partial charge in [0.1, 0.15) is 23.5 Å². The molecule has 3 aromatic heterocycles. The summed E-state index contributed by atoms with van der Waals surface area (Å²) in [4.78, 5) is 16.2. The van der Waals surface area contributed by atoms with Gasteiger partial charge in [0.25, 0.3) is 0 Å². The summed E-state index contributed by atoms with van der Waals surface area (Å²) in [6, 6.07) is 15.3. The number of fused-ring (bicyclic) bond motifs is 2. The predicted octanol–water partition coefficient (Wildman–Crippen LogP) is 6.07. The fraction of sp³-hybridized carbons (Fsp3) is 0.240. The molecule has 1 N–H and O–H groups in total. The first-order chi connectivity index (χ1) is 16.7. The van der Waals surface area contributed by atoms with Gasteiger partial charge in [-0.1, -0.05) is 24.3 Å². The van der Waals surface area contributed by atoms with Crippen molar-refractivity contribution in [2.24, 2.45) is 0 Å². The Morgan fingerprint density at radius 1 is 1.09 bits per heavy atom. The standard InChI is InChI=1S/C25H22BrFN6S/c26-19-14-34-23-22(19)28-15-29-24(23)30-18-8-10-32(11-9-18)25-31-20-6-1-2-7-21(20)33(25)13-16-4-3-5-17(27)12-16/h1-7,12,14-15,18H,8-11,13H2,(H,28,29,30).